The summed E-state index contributed by atoms with van der Waals surface area (Å²) in [6, 6.07) is 0. The van der Waals surface area contributed by atoms with Gasteiger partial charge in [0.05, 0.1) is 12.3 Å². The van der Waals surface area contributed by atoms with Crippen molar-refractivity contribution in [2.24, 2.45) is 16.3 Å². The van der Waals surface area contributed by atoms with Crippen LogP contribution in [0.15, 0.2) is 4.99 Å². The van der Waals surface area contributed by atoms with Crippen molar-refractivity contribution in [3.63, 3.8) is 0 Å². The van der Waals surface area contributed by atoms with Gasteiger partial charge in [0.1, 0.15) is 0 Å². The molecule has 24 heavy (non-hydrogen) atoms. The SMILES string of the molecule is CCNC(=NCCS(=O)(=O)NCC1CCC1)N1CCC2(CCC2)C1. The van der Waals surface area contributed by atoms with Gasteiger partial charge in [-0.25, -0.2) is 13.1 Å². The first-order chi connectivity index (χ1) is 11.5. The summed E-state index contributed by atoms with van der Waals surface area (Å²) < 4.78 is 26.9. The molecule has 1 aliphatic heterocycles. The van der Waals surface area contributed by atoms with E-state index >= 15 is 0 Å². The first kappa shape index (κ1) is 18.0. The van der Waals surface area contributed by atoms with Gasteiger partial charge in [0, 0.05) is 26.2 Å². The van der Waals surface area contributed by atoms with Crippen LogP contribution in [0.25, 0.3) is 0 Å². The second kappa shape index (κ2) is 7.60. The molecular weight excluding hydrogens is 324 g/mol. The predicted octanol–water partition coefficient (Wildman–Crippen LogP) is 1.55. The largest absolute Gasteiger partial charge is 0.357 e. The van der Waals surface area contributed by atoms with Crippen LogP contribution >= 0.6 is 0 Å². The lowest BCUT2D eigenvalue weighted by Crippen LogP contribution is -2.43. The number of hydrogen-bond donors (Lipinski definition) is 2. The van der Waals surface area contributed by atoms with Gasteiger partial charge in [-0.3, -0.25) is 4.99 Å². The van der Waals surface area contributed by atoms with Crippen LogP contribution in [-0.4, -0.2) is 57.8 Å². The van der Waals surface area contributed by atoms with Gasteiger partial charge < -0.3 is 10.2 Å². The van der Waals surface area contributed by atoms with Crippen molar-refractivity contribution in [2.75, 3.05) is 38.5 Å². The summed E-state index contributed by atoms with van der Waals surface area (Å²) >= 11 is 0. The Morgan fingerprint density at radius 1 is 1.25 bits per heavy atom. The van der Waals surface area contributed by atoms with Crippen molar-refractivity contribution < 1.29 is 8.42 Å². The Bertz CT molecular complexity index is 553. The van der Waals surface area contributed by atoms with Crippen LogP contribution in [-0.2, 0) is 10.0 Å². The van der Waals surface area contributed by atoms with Crippen molar-refractivity contribution in [1.29, 1.82) is 0 Å². The van der Waals surface area contributed by atoms with Crippen LogP contribution in [0.2, 0.25) is 0 Å². The highest BCUT2D eigenvalue weighted by molar-refractivity contribution is 7.89. The lowest BCUT2D eigenvalue weighted by atomic mass is 9.68. The van der Waals surface area contributed by atoms with Crippen molar-refractivity contribution in [3.8, 4) is 0 Å². The fourth-order valence-corrected chi connectivity index (χ4v) is 4.88. The second-order valence-electron chi connectivity index (χ2n) is 7.73. The minimum absolute atomic E-state index is 0.0770. The van der Waals surface area contributed by atoms with Crippen molar-refractivity contribution in [1.82, 2.24) is 14.9 Å². The zero-order valence-electron chi connectivity index (χ0n) is 14.9. The molecule has 0 radical (unpaired) electrons. The third-order valence-electron chi connectivity index (χ3n) is 5.93. The van der Waals surface area contributed by atoms with Crippen LogP contribution in [0.1, 0.15) is 51.9 Å². The minimum Gasteiger partial charge on any atom is -0.357 e. The maximum atomic E-state index is 12.1. The maximum Gasteiger partial charge on any atom is 0.213 e. The molecule has 0 aromatic rings. The zero-order valence-corrected chi connectivity index (χ0v) is 15.7. The highest BCUT2D eigenvalue weighted by Gasteiger charge is 2.43. The van der Waals surface area contributed by atoms with E-state index < -0.39 is 10.0 Å². The summed E-state index contributed by atoms with van der Waals surface area (Å²) in [4.78, 5) is 6.89. The Hall–Kier alpha value is -0.820. The molecule has 138 valence electrons. The van der Waals surface area contributed by atoms with Crippen LogP contribution in [0.3, 0.4) is 0 Å². The molecule has 3 rings (SSSR count). The van der Waals surface area contributed by atoms with E-state index in [0.717, 1.165) is 38.4 Å². The molecule has 3 fully saturated rings. The number of likely N-dealkylation sites (tertiary alicyclic amines) is 1. The van der Waals surface area contributed by atoms with Gasteiger partial charge in [-0.15, -0.1) is 0 Å². The average Bonchev–Trinajstić information content (AvgIpc) is 2.90. The van der Waals surface area contributed by atoms with E-state index in [4.69, 9.17) is 0 Å². The van der Waals surface area contributed by atoms with E-state index in [1.807, 2.05) is 0 Å². The maximum absolute atomic E-state index is 12.1. The smallest absolute Gasteiger partial charge is 0.213 e. The van der Waals surface area contributed by atoms with Gasteiger partial charge in [0.2, 0.25) is 10.0 Å². The fraction of sp³-hybridized carbons (Fsp3) is 0.941. The van der Waals surface area contributed by atoms with E-state index in [-0.39, 0.29) is 5.75 Å². The van der Waals surface area contributed by atoms with Gasteiger partial charge in [0.15, 0.2) is 5.96 Å². The molecule has 2 saturated carbocycles. The summed E-state index contributed by atoms with van der Waals surface area (Å²) in [6.45, 7) is 5.91. The number of nitrogens with one attached hydrogen (secondary N) is 2. The molecule has 2 aliphatic carbocycles. The zero-order chi connectivity index (χ0) is 17.0. The number of guanidine groups is 1. The Morgan fingerprint density at radius 3 is 2.58 bits per heavy atom. The van der Waals surface area contributed by atoms with Crippen molar-refractivity contribution in [3.05, 3.63) is 0 Å². The molecule has 7 heteroatoms. The Morgan fingerprint density at radius 2 is 2.04 bits per heavy atom. The average molecular weight is 357 g/mol. The topological polar surface area (TPSA) is 73.8 Å². The lowest BCUT2D eigenvalue weighted by Gasteiger charge is -2.38. The molecule has 1 saturated heterocycles. The number of hydrogen-bond acceptors (Lipinski definition) is 3. The molecular formula is C17H32N4O2S. The molecule has 0 aromatic heterocycles. The second-order valence-corrected chi connectivity index (χ2v) is 9.65. The fourth-order valence-electron chi connectivity index (χ4n) is 3.91. The Labute approximate surface area is 146 Å². The molecule has 1 spiro atoms. The highest BCUT2D eigenvalue weighted by atomic mass is 32.2. The predicted molar refractivity (Wildman–Crippen MR) is 97.6 cm³/mol. The van der Waals surface area contributed by atoms with Crippen molar-refractivity contribution >= 4 is 16.0 Å². The molecule has 3 aliphatic rings. The van der Waals surface area contributed by atoms with Crippen LogP contribution in [0.5, 0.6) is 0 Å². The van der Waals surface area contributed by atoms with Gasteiger partial charge in [-0.1, -0.05) is 12.8 Å². The summed E-state index contributed by atoms with van der Waals surface area (Å²) in [7, 11) is -3.21. The van der Waals surface area contributed by atoms with Crippen LogP contribution in [0.4, 0.5) is 0 Å². The molecule has 0 unspecified atom stereocenters. The number of rotatable bonds is 7. The lowest BCUT2D eigenvalue weighted by molar-refractivity contribution is 0.151. The van der Waals surface area contributed by atoms with Crippen LogP contribution < -0.4 is 10.0 Å². The monoisotopic (exact) mass is 356 g/mol. The van der Waals surface area contributed by atoms with E-state index in [2.05, 4.69) is 26.9 Å². The molecule has 0 aromatic carbocycles. The Balaban J connectivity index is 1.48. The first-order valence-corrected chi connectivity index (χ1v) is 11.2. The number of aliphatic imine (C=N–C) groups is 1. The minimum atomic E-state index is -3.21. The van der Waals surface area contributed by atoms with Gasteiger partial charge in [0.25, 0.3) is 0 Å². The van der Waals surface area contributed by atoms with E-state index in [1.165, 1.54) is 32.1 Å². The molecule has 6 nitrogen and oxygen atoms in total. The number of nitrogens with zero attached hydrogens (tertiary/aromatic N) is 2. The molecule has 0 atom stereocenters. The summed E-state index contributed by atoms with van der Waals surface area (Å²) in [6.07, 6.45) is 8.82. The van der Waals surface area contributed by atoms with Crippen LogP contribution in [0, 0.1) is 11.3 Å². The van der Waals surface area contributed by atoms with E-state index in [9.17, 15) is 8.42 Å². The molecule has 1 heterocycles. The van der Waals surface area contributed by atoms with Gasteiger partial charge >= 0.3 is 0 Å². The normalized spacial score (nSPS) is 24.0. The summed E-state index contributed by atoms with van der Waals surface area (Å²) in [5.74, 6) is 1.51. The van der Waals surface area contributed by atoms with Gasteiger partial charge in [-0.05, 0) is 50.4 Å². The van der Waals surface area contributed by atoms with Crippen molar-refractivity contribution in [2.45, 2.75) is 51.9 Å². The Kier molecular flexibility index (Phi) is 5.70. The summed E-state index contributed by atoms with van der Waals surface area (Å²) in [5.41, 5.74) is 0.520. The first-order valence-electron chi connectivity index (χ1n) is 9.53. The van der Waals surface area contributed by atoms with Gasteiger partial charge in [-0.2, -0.15) is 0 Å². The quantitative estimate of drug-likeness (QED) is 0.536. The molecule has 0 bridgehead atoms. The third kappa shape index (κ3) is 4.42. The molecule has 0 amide bonds. The number of sulfonamides is 1. The molecule has 2 N–H and O–H groups in total. The highest BCUT2D eigenvalue weighted by Crippen LogP contribution is 2.47. The van der Waals surface area contributed by atoms with E-state index in [0.29, 0.717) is 24.4 Å². The third-order valence-corrected chi connectivity index (χ3v) is 7.25. The standard InChI is InChI=1S/C17H32N4O2S/c1-2-18-16(21-11-9-17(14-21)7-4-8-17)19-10-12-24(22,23)20-13-15-5-3-6-15/h15,20H,2-14H2,1H3,(H,18,19). The summed E-state index contributed by atoms with van der Waals surface area (Å²) in [5, 5.41) is 3.33. The van der Waals surface area contributed by atoms with E-state index in [1.54, 1.807) is 0 Å².